The molecule has 0 bridgehead atoms. The van der Waals surface area contributed by atoms with Gasteiger partial charge in [0, 0.05) is 30.3 Å². The summed E-state index contributed by atoms with van der Waals surface area (Å²) in [5, 5.41) is 3.54. The number of para-hydroxylation sites is 2. The second-order valence-corrected chi connectivity index (χ2v) is 10.9. The van der Waals surface area contributed by atoms with Gasteiger partial charge in [0.2, 0.25) is 5.91 Å². The van der Waals surface area contributed by atoms with Gasteiger partial charge in [-0.3, -0.25) is 14.4 Å². The molecule has 0 aliphatic carbocycles. The van der Waals surface area contributed by atoms with Gasteiger partial charge < -0.3 is 29.5 Å². The Morgan fingerprint density at radius 2 is 1.64 bits per heavy atom. The lowest BCUT2D eigenvalue weighted by atomic mass is 9.85. The van der Waals surface area contributed by atoms with E-state index in [-0.39, 0.29) is 30.9 Å². The molecule has 220 valence electrons. The number of hydrogen-bond donors (Lipinski definition) is 1. The summed E-state index contributed by atoms with van der Waals surface area (Å²) in [6, 6.07) is 24.3. The van der Waals surface area contributed by atoms with Crippen LogP contribution in [0.5, 0.6) is 11.5 Å². The van der Waals surface area contributed by atoms with E-state index in [0.717, 1.165) is 17.0 Å². The molecule has 0 aromatic heterocycles. The van der Waals surface area contributed by atoms with Crippen molar-refractivity contribution in [2.24, 2.45) is 0 Å². The van der Waals surface area contributed by atoms with Crippen LogP contribution in [0.15, 0.2) is 78.9 Å². The van der Waals surface area contributed by atoms with Crippen molar-refractivity contribution in [1.29, 1.82) is 0 Å². The summed E-state index contributed by atoms with van der Waals surface area (Å²) in [5.74, 6) is 0.913. The number of likely N-dealkylation sites (tertiary alicyclic amines) is 1. The Labute approximate surface area is 250 Å². The van der Waals surface area contributed by atoms with Crippen LogP contribution in [0.4, 0.5) is 5.69 Å². The highest BCUT2D eigenvalue weighted by atomic mass is 35.5. The monoisotopic (exact) mass is 590 g/mol. The van der Waals surface area contributed by atoms with E-state index in [2.05, 4.69) is 10.2 Å². The SMILES string of the molecule is COc1ccccc1CCNC(=O)CN1CN(c2ccccc2)C2(CCN(C(=O)COc3ccc(Cl)cc3)CC2)C1=O. The van der Waals surface area contributed by atoms with Gasteiger partial charge in [0.25, 0.3) is 11.8 Å². The van der Waals surface area contributed by atoms with Crippen molar-refractivity contribution in [2.75, 3.05) is 51.5 Å². The molecule has 2 saturated heterocycles. The third-order valence-electron chi connectivity index (χ3n) is 7.94. The van der Waals surface area contributed by atoms with Crippen LogP contribution in [0.3, 0.4) is 0 Å². The number of benzene rings is 3. The molecule has 2 aliphatic heterocycles. The van der Waals surface area contributed by atoms with Crippen LogP contribution in [-0.4, -0.2) is 79.6 Å². The van der Waals surface area contributed by atoms with Crippen LogP contribution >= 0.6 is 11.6 Å². The average molecular weight is 591 g/mol. The summed E-state index contributed by atoms with van der Waals surface area (Å²) in [7, 11) is 1.63. The number of carbonyl (C=O) groups is 3. The molecule has 0 unspecified atom stereocenters. The smallest absolute Gasteiger partial charge is 0.260 e. The minimum Gasteiger partial charge on any atom is -0.496 e. The highest BCUT2D eigenvalue weighted by molar-refractivity contribution is 6.30. The largest absolute Gasteiger partial charge is 0.496 e. The van der Waals surface area contributed by atoms with E-state index in [1.165, 1.54) is 0 Å². The van der Waals surface area contributed by atoms with Crippen molar-refractivity contribution < 1.29 is 23.9 Å². The Bertz CT molecular complexity index is 1390. The molecule has 42 heavy (non-hydrogen) atoms. The lowest BCUT2D eigenvalue weighted by Gasteiger charge is -2.43. The van der Waals surface area contributed by atoms with Gasteiger partial charge in [-0.25, -0.2) is 0 Å². The predicted octanol–water partition coefficient (Wildman–Crippen LogP) is 3.75. The van der Waals surface area contributed by atoms with Crippen molar-refractivity contribution in [3.05, 3.63) is 89.4 Å². The molecule has 1 N–H and O–H groups in total. The third-order valence-corrected chi connectivity index (χ3v) is 8.20. The number of amides is 3. The second kappa shape index (κ2) is 13.2. The number of rotatable bonds is 10. The highest BCUT2D eigenvalue weighted by Crippen LogP contribution is 2.39. The average Bonchev–Trinajstić information content (AvgIpc) is 3.27. The molecular weight excluding hydrogens is 556 g/mol. The number of methoxy groups -OCH3 is 1. The van der Waals surface area contributed by atoms with Gasteiger partial charge in [0.1, 0.15) is 23.6 Å². The summed E-state index contributed by atoms with van der Waals surface area (Å²) < 4.78 is 11.0. The van der Waals surface area contributed by atoms with Gasteiger partial charge in [-0.15, -0.1) is 0 Å². The quantitative estimate of drug-likeness (QED) is 0.387. The maximum absolute atomic E-state index is 13.9. The Morgan fingerprint density at radius 3 is 2.36 bits per heavy atom. The molecule has 3 amide bonds. The molecule has 0 atom stereocenters. The fourth-order valence-electron chi connectivity index (χ4n) is 5.69. The molecule has 0 saturated carbocycles. The fraction of sp³-hybridized carbons (Fsp3) is 0.344. The molecule has 1 spiro atoms. The van der Waals surface area contributed by atoms with Crippen LogP contribution in [0.2, 0.25) is 5.02 Å². The van der Waals surface area contributed by atoms with Crippen LogP contribution in [0, 0.1) is 0 Å². The molecular formula is C32H35ClN4O5. The molecule has 2 fully saturated rings. The maximum atomic E-state index is 13.9. The minimum absolute atomic E-state index is 0.0343. The predicted molar refractivity (Wildman–Crippen MR) is 161 cm³/mol. The number of anilines is 1. The fourth-order valence-corrected chi connectivity index (χ4v) is 5.82. The van der Waals surface area contributed by atoms with Crippen molar-refractivity contribution >= 4 is 35.0 Å². The normalized spacial score (nSPS) is 16.0. The summed E-state index contributed by atoms with van der Waals surface area (Å²) in [4.78, 5) is 45.2. The van der Waals surface area contributed by atoms with E-state index in [9.17, 15) is 14.4 Å². The van der Waals surface area contributed by atoms with Gasteiger partial charge in [0.05, 0.1) is 13.8 Å². The second-order valence-electron chi connectivity index (χ2n) is 10.5. The number of nitrogens with one attached hydrogen (secondary N) is 1. The van der Waals surface area contributed by atoms with Crippen LogP contribution in [0.25, 0.3) is 0 Å². The zero-order valence-corrected chi connectivity index (χ0v) is 24.4. The number of nitrogens with zero attached hydrogens (tertiary/aromatic N) is 3. The van der Waals surface area contributed by atoms with E-state index in [0.29, 0.717) is 56.3 Å². The van der Waals surface area contributed by atoms with Gasteiger partial charge in [-0.2, -0.15) is 0 Å². The zero-order chi connectivity index (χ0) is 29.5. The number of halogens is 1. The Hall–Kier alpha value is -4.24. The first-order valence-electron chi connectivity index (χ1n) is 14.1. The standard InChI is InChI=1S/C32H35ClN4O5/c1-41-28-10-6-5-7-24(28)15-18-34-29(38)21-36-23-37(26-8-3-2-4-9-26)32(31(36)40)16-19-35(20-17-32)30(39)22-42-27-13-11-25(33)12-14-27/h2-14H,15-23H2,1H3,(H,34,38). The summed E-state index contributed by atoms with van der Waals surface area (Å²) in [6.45, 7) is 1.44. The van der Waals surface area contributed by atoms with E-state index in [1.54, 1.807) is 41.2 Å². The number of carbonyl (C=O) groups excluding carboxylic acids is 3. The third kappa shape index (κ3) is 6.46. The Morgan fingerprint density at radius 1 is 0.952 bits per heavy atom. The summed E-state index contributed by atoms with van der Waals surface area (Å²) in [5.41, 5.74) is 1.09. The van der Waals surface area contributed by atoms with Crippen LogP contribution in [0.1, 0.15) is 18.4 Å². The van der Waals surface area contributed by atoms with Gasteiger partial charge in [-0.05, 0) is 67.3 Å². The molecule has 3 aromatic rings. The van der Waals surface area contributed by atoms with E-state index < -0.39 is 5.54 Å². The minimum atomic E-state index is -0.827. The Balaban J connectivity index is 1.21. The first kappa shape index (κ1) is 29.3. The lowest BCUT2D eigenvalue weighted by molar-refractivity contribution is -0.140. The first-order valence-corrected chi connectivity index (χ1v) is 14.4. The summed E-state index contributed by atoms with van der Waals surface area (Å²) in [6.07, 6.45) is 1.54. The molecule has 5 rings (SSSR count). The lowest BCUT2D eigenvalue weighted by Crippen LogP contribution is -2.58. The topological polar surface area (TPSA) is 91.4 Å². The number of ether oxygens (including phenoxy) is 2. The number of piperidine rings is 1. The van der Waals surface area contributed by atoms with Gasteiger partial charge in [0.15, 0.2) is 6.61 Å². The van der Waals surface area contributed by atoms with Crippen LogP contribution in [-0.2, 0) is 20.8 Å². The Kier molecular flexibility index (Phi) is 9.17. The zero-order valence-electron chi connectivity index (χ0n) is 23.6. The van der Waals surface area contributed by atoms with E-state index in [4.69, 9.17) is 21.1 Å². The molecule has 9 nitrogen and oxygen atoms in total. The number of hydrogen-bond acceptors (Lipinski definition) is 6. The van der Waals surface area contributed by atoms with Crippen molar-refractivity contribution in [3.8, 4) is 11.5 Å². The van der Waals surface area contributed by atoms with Crippen molar-refractivity contribution in [3.63, 3.8) is 0 Å². The molecule has 0 radical (unpaired) electrons. The van der Waals surface area contributed by atoms with Gasteiger partial charge in [-0.1, -0.05) is 48.0 Å². The van der Waals surface area contributed by atoms with Crippen LogP contribution < -0.4 is 19.7 Å². The molecule has 2 aliphatic rings. The van der Waals surface area contributed by atoms with Crippen molar-refractivity contribution in [1.82, 2.24) is 15.1 Å². The van der Waals surface area contributed by atoms with E-state index >= 15 is 0 Å². The van der Waals surface area contributed by atoms with Crippen molar-refractivity contribution in [2.45, 2.75) is 24.8 Å². The summed E-state index contributed by atoms with van der Waals surface area (Å²) >= 11 is 5.92. The highest BCUT2D eigenvalue weighted by Gasteiger charge is 2.54. The maximum Gasteiger partial charge on any atom is 0.260 e. The van der Waals surface area contributed by atoms with E-state index in [1.807, 2.05) is 54.6 Å². The molecule has 2 heterocycles. The van der Waals surface area contributed by atoms with Gasteiger partial charge >= 0.3 is 0 Å². The molecule has 3 aromatic carbocycles. The first-order chi connectivity index (χ1) is 20.4. The molecule has 10 heteroatoms.